The third kappa shape index (κ3) is 2.58. The first-order chi connectivity index (χ1) is 9.65. The highest BCUT2D eigenvalue weighted by Crippen LogP contribution is 2.33. The minimum atomic E-state index is 0.0109. The molecule has 4 heteroatoms. The number of fused-ring (bicyclic) bond motifs is 1. The number of rotatable bonds is 2. The number of carbonyl (C=O) groups excluding carboxylic acids is 1. The van der Waals surface area contributed by atoms with Crippen molar-refractivity contribution in [3.63, 3.8) is 0 Å². The summed E-state index contributed by atoms with van der Waals surface area (Å²) in [6.07, 6.45) is 3.69. The van der Waals surface area contributed by atoms with Crippen LogP contribution in [0.4, 0.5) is 5.69 Å². The summed E-state index contributed by atoms with van der Waals surface area (Å²) < 4.78 is 5.62. The van der Waals surface area contributed by atoms with Gasteiger partial charge in [-0.1, -0.05) is 12.1 Å². The van der Waals surface area contributed by atoms with Crippen molar-refractivity contribution in [1.29, 1.82) is 0 Å². The highest BCUT2D eigenvalue weighted by Gasteiger charge is 2.30. The molecule has 0 saturated carbocycles. The van der Waals surface area contributed by atoms with Crippen LogP contribution in [-0.4, -0.2) is 18.6 Å². The van der Waals surface area contributed by atoms with E-state index in [0.717, 1.165) is 37.1 Å². The number of benzene rings is 1. The zero-order valence-corrected chi connectivity index (χ0v) is 11.9. The summed E-state index contributed by atoms with van der Waals surface area (Å²) in [5.74, 6) is 0.493. The van der Waals surface area contributed by atoms with Crippen LogP contribution in [0.5, 0.6) is 0 Å². The number of nitrogens with one attached hydrogen (secondary N) is 1. The lowest BCUT2D eigenvalue weighted by molar-refractivity contribution is -0.116. The SMILES string of the molecule is CC1OCCC1C(N)c1ccc2c(c1)CCCC(=O)N2. The van der Waals surface area contributed by atoms with Gasteiger partial charge in [0.05, 0.1) is 6.10 Å². The molecule has 4 nitrogen and oxygen atoms in total. The number of hydrogen-bond acceptors (Lipinski definition) is 3. The molecule has 3 rings (SSSR count). The Labute approximate surface area is 119 Å². The number of nitrogens with two attached hydrogens (primary N) is 1. The highest BCUT2D eigenvalue weighted by atomic mass is 16.5. The lowest BCUT2D eigenvalue weighted by atomic mass is 9.88. The lowest BCUT2D eigenvalue weighted by Crippen LogP contribution is -2.26. The molecule has 1 amide bonds. The minimum Gasteiger partial charge on any atom is -0.378 e. The fourth-order valence-electron chi connectivity index (χ4n) is 3.27. The van der Waals surface area contributed by atoms with Gasteiger partial charge in [-0.15, -0.1) is 0 Å². The van der Waals surface area contributed by atoms with E-state index in [0.29, 0.717) is 12.3 Å². The second kappa shape index (κ2) is 5.54. The number of ether oxygens (including phenoxy) is 1. The maximum atomic E-state index is 11.6. The first kappa shape index (κ1) is 13.6. The van der Waals surface area contributed by atoms with Crippen LogP contribution in [0.3, 0.4) is 0 Å². The summed E-state index contributed by atoms with van der Waals surface area (Å²) in [6, 6.07) is 6.21. The van der Waals surface area contributed by atoms with Gasteiger partial charge in [-0.2, -0.15) is 0 Å². The van der Waals surface area contributed by atoms with Crippen LogP contribution in [0.2, 0.25) is 0 Å². The Hall–Kier alpha value is -1.39. The standard InChI is InChI=1S/C16H22N2O2/c1-10-13(7-8-20-10)16(17)12-5-6-14-11(9-12)3-2-4-15(19)18-14/h5-6,9-10,13,16H,2-4,7-8,17H2,1H3,(H,18,19). The molecule has 0 bridgehead atoms. The van der Waals surface area contributed by atoms with Gasteiger partial charge in [0.1, 0.15) is 0 Å². The largest absolute Gasteiger partial charge is 0.378 e. The van der Waals surface area contributed by atoms with Crippen molar-refractivity contribution in [1.82, 2.24) is 0 Å². The Balaban J connectivity index is 1.84. The Morgan fingerprint density at radius 3 is 3.00 bits per heavy atom. The molecule has 1 saturated heterocycles. The third-order valence-corrected chi connectivity index (χ3v) is 4.53. The Morgan fingerprint density at radius 1 is 1.40 bits per heavy atom. The van der Waals surface area contributed by atoms with Crippen LogP contribution in [0.1, 0.15) is 43.4 Å². The van der Waals surface area contributed by atoms with Gasteiger partial charge < -0.3 is 15.8 Å². The maximum absolute atomic E-state index is 11.6. The maximum Gasteiger partial charge on any atom is 0.224 e. The van der Waals surface area contributed by atoms with Crippen molar-refractivity contribution < 1.29 is 9.53 Å². The van der Waals surface area contributed by atoms with E-state index in [1.165, 1.54) is 5.56 Å². The van der Waals surface area contributed by atoms with E-state index in [4.69, 9.17) is 10.5 Å². The van der Waals surface area contributed by atoms with Gasteiger partial charge in [0.25, 0.3) is 0 Å². The van der Waals surface area contributed by atoms with Crippen molar-refractivity contribution >= 4 is 11.6 Å². The summed E-state index contributed by atoms with van der Waals surface area (Å²) in [7, 11) is 0. The summed E-state index contributed by atoms with van der Waals surface area (Å²) in [5.41, 5.74) is 9.73. The van der Waals surface area contributed by atoms with E-state index >= 15 is 0 Å². The summed E-state index contributed by atoms with van der Waals surface area (Å²) in [6.45, 7) is 2.90. The van der Waals surface area contributed by atoms with Crippen LogP contribution in [0, 0.1) is 5.92 Å². The van der Waals surface area contributed by atoms with Gasteiger partial charge in [0.15, 0.2) is 0 Å². The summed E-state index contributed by atoms with van der Waals surface area (Å²) in [5, 5.41) is 2.96. The predicted octanol–water partition coefficient (Wildman–Crippen LogP) is 2.39. The number of aryl methyl sites for hydroxylation is 1. The Bertz CT molecular complexity index is 515. The van der Waals surface area contributed by atoms with Crippen LogP contribution >= 0.6 is 0 Å². The van der Waals surface area contributed by atoms with Crippen molar-refractivity contribution in [3.05, 3.63) is 29.3 Å². The molecule has 20 heavy (non-hydrogen) atoms. The van der Waals surface area contributed by atoms with Crippen LogP contribution in [0.25, 0.3) is 0 Å². The zero-order valence-electron chi connectivity index (χ0n) is 11.9. The smallest absolute Gasteiger partial charge is 0.224 e. The third-order valence-electron chi connectivity index (χ3n) is 4.53. The fourth-order valence-corrected chi connectivity index (χ4v) is 3.27. The molecular formula is C16H22N2O2. The predicted molar refractivity (Wildman–Crippen MR) is 78.5 cm³/mol. The molecule has 1 aromatic carbocycles. The normalized spacial score (nSPS) is 27.6. The van der Waals surface area contributed by atoms with Crippen molar-refractivity contribution in [2.45, 2.75) is 44.8 Å². The monoisotopic (exact) mass is 274 g/mol. The summed E-state index contributed by atoms with van der Waals surface area (Å²) >= 11 is 0. The molecule has 2 aliphatic heterocycles. The van der Waals surface area contributed by atoms with Crippen molar-refractivity contribution in [2.75, 3.05) is 11.9 Å². The van der Waals surface area contributed by atoms with E-state index in [-0.39, 0.29) is 18.1 Å². The molecule has 1 aromatic rings. The molecule has 108 valence electrons. The molecule has 2 aliphatic rings. The van der Waals surface area contributed by atoms with Gasteiger partial charge in [0, 0.05) is 30.7 Å². The number of amides is 1. The molecule has 2 heterocycles. The molecule has 0 aliphatic carbocycles. The van der Waals surface area contributed by atoms with E-state index in [2.05, 4.69) is 18.3 Å². The first-order valence-corrected chi connectivity index (χ1v) is 7.45. The molecule has 0 aromatic heterocycles. The second-order valence-corrected chi connectivity index (χ2v) is 5.87. The second-order valence-electron chi connectivity index (χ2n) is 5.87. The molecule has 0 spiro atoms. The minimum absolute atomic E-state index is 0.0109. The van der Waals surface area contributed by atoms with Gasteiger partial charge in [0.2, 0.25) is 5.91 Å². The highest BCUT2D eigenvalue weighted by molar-refractivity contribution is 5.92. The van der Waals surface area contributed by atoms with Crippen molar-refractivity contribution in [3.8, 4) is 0 Å². The lowest BCUT2D eigenvalue weighted by Gasteiger charge is -2.23. The Kier molecular flexibility index (Phi) is 3.76. The van der Waals surface area contributed by atoms with Crippen LogP contribution in [0.15, 0.2) is 18.2 Å². The molecule has 3 N–H and O–H groups in total. The average Bonchev–Trinajstić information content (AvgIpc) is 2.76. The van der Waals surface area contributed by atoms with E-state index in [1.807, 2.05) is 12.1 Å². The molecule has 3 unspecified atom stereocenters. The molecular weight excluding hydrogens is 252 g/mol. The molecule has 3 atom stereocenters. The summed E-state index contributed by atoms with van der Waals surface area (Å²) in [4.78, 5) is 11.6. The number of hydrogen-bond donors (Lipinski definition) is 2. The van der Waals surface area contributed by atoms with Crippen LogP contribution < -0.4 is 11.1 Å². The molecule has 1 fully saturated rings. The van der Waals surface area contributed by atoms with Gasteiger partial charge in [-0.25, -0.2) is 0 Å². The molecule has 0 radical (unpaired) electrons. The van der Waals surface area contributed by atoms with Crippen molar-refractivity contribution in [2.24, 2.45) is 11.7 Å². The average molecular weight is 274 g/mol. The quantitative estimate of drug-likeness (QED) is 0.870. The van der Waals surface area contributed by atoms with Gasteiger partial charge in [-0.05, 0) is 43.4 Å². The number of anilines is 1. The van der Waals surface area contributed by atoms with E-state index < -0.39 is 0 Å². The zero-order chi connectivity index (χ0) is 14.1. The topological polar surface area (TPSA) is 64.3 Å². The van der Waals surface area contributed by atoms with Gasteiger partial charge >= 0.3 is 0 Å². The first-order valence-electron chi connectivity index (χ1n) is 7.45. The van der Waals surface area contributed by atoms with Gasteiger partial charge in [-0.3, -0.25) is 4.79 Å². The number of carbonyl (C=O) groups is 1. The fraction of sp³-hybridized carbons (Fsp3) is 0.562. The van der Waals surface area contributed by atoms with E-state index in [9.17, 15) is 4.79 Å². The Morgan fingerprint density at radius 2 is 2.25 bits per heavy atom. The van der Waals surface area contributed by atoms with Crippen LogP contribution in [-0.2, 0) is 16.0 Å². The van der Waals surface area contributed by atoms with E-state index in [1.54, 1.807) is 0 Å².